The monoisotopic (exact) mass is 236 g/mol. The maximum Gasteiger partial charge on any atom is 0.410 e. The summed E-state index contributed by atoms with van der Waals surface area (Å²) in [6.45, 7) is 7.01. The maximum absolute atomic E-state index is 11.8. The van der Waals surface area contributed by atoms with Crippen molar-refractivity contribution in [3.05, 3.63) is 12.2 Å². The molecule has 0 spiro atoms. The molecule has 4 nitrogen and oxygen atoms in total. The van der Waals surface area contributed by atoms with Crippen LogP contribution in [0.1, 0.15) is 33.6 Å². The Morgan fingerprint density at radius 3 is 2.47 bits per heavy atom. The highest BCUT2D eigenvalue weighted by atomic mass is 16.6. The molecular weight excluding hydrogens is 216 g/mol. The van der Waals surface area contributed by atoms with E-state index in [9.17, 15) is 4.79 Å². The topological polar surface area (TPSA) is 53.3 Å². The molecule has 0 aromatic carbocycles. The molecule has 0 aromatic heterocycles. The first-order valence-corrected chi connectivity index (χ1v) is 5.96. The molecule has 0 unspecified atom stereocenters. The van der Waals surface area contributed by atoms with Crippen LogP contribution in [0.25, 0.3) is 0 Å². The van der Waals surface area contributed by atoms with Crippen LogP contribution in [-0.2, 0) is 4.74 Å². The van der Waals surface area contributed by atoms with Gasteiger partial charge in [0, 0.05) is 19.2 Å². The van der Waals surface area contributed by atoms with Crippen molar-refractivity contribution in [2.45, 2.75) is 39.2 Å². The summed E-state index contributed by atoms with van der Waals surface area (Å²) in [4.78, 5) is 13.5. The van der Waals surface area contributed by atoms with E-state index in [2.05, 4.69) is 0 Å². The minimum absolute atomic E-state index is 0.236. The van der Waals surface area contributed by atoms with E-state index >= 15 is 0 Å². The van der Waals surface area contributed by atoms with Gasteiger partial charge in [-0.1, -0.05) is 6.08 Å². The first-order chi connectivity index (χ1) is 7.92. The van der Waals surface area contributed by atoms with Crippen molar-refractivity contribution in [2.75, 3.05) is 13.1 Å². The van der Waals surface area contributed by atoms with Gasteiger partial charge in [-0.15, -0.1) is 0 Å². The van der Waals surface area contributed by atoms with Gasteiger partial charge in [-0.2, -0.15) is 5.26 Å². The number of amides is 1. The average Bonchev–Trinajstić information content (AvgIpc) is 2.24. The lowest BCUT2D eigenvalue weighted by Gasteiger charge is -2.32. The molecule has 0 aromatic rings. The molecule has 4 heteroatoms. The maximum atomic E-state index is 11.8. The number of nitriles is 1. The summed E-state index contributed by atoms with van der Waals surface area (Å²) in [7, 11) is 0. The van der Waals surface area contributed by atoms with Gasteiger partial charge < -0.3 is 9.64 Å². The van der Waals surface area contributed by atoms with Gasteiger partial charge in [-0.3, -0.25) is 0 Å². The number of ether oxygens (including phenoxy) is 1. The van der Waals surface area contributed by atoms with E-state index < -0.39 is 5.60 Å². The molecule has 1 aliphatic heterocycles. The van der Waals surface area contributed by atoms with Gasteiger partial charge in [-0.05, 0) is 39.5 Å². The summed E-state index contributed by atoms with van der Waals surface area (Å²) in [5.41, 5.74) is -0.436. The Bertz CT molecular complexity index is 328. The summed E-state index contributed by atoms with van der Waals surface area (Å²) >= 11 is 0. The highest BCUT2D eigenvalue weighted by Gasteiger charge is 2.25. The van der Waals surface area contributed by atoms with Crippen molar-refractivity contribution >= 4 is 6.09 Å². The Morgan fingerprint density at radius 1 is 1.41 bits per heavy atom. The van der Waals surface area contributed by atoms with Crippen molar-refractivity contribution in [3.63, 3.8) is 0 Å². The number of likely N-dealkylation sites (tertiary alicyclic amines) is 1. The predicted molar refractivity (Wildman–Crippen MR) is 65.3 cm³/mol. The fourth-order valence-electron chi connectivity index (χ4n) is 1.78. The fourth-order valence-corrected chi connectivity index (χ4v) is 1.78. The van der Waals surface area contributed by atoms with Crippen LogP contribution in [0.15, 0.2) is 12.2 Å². The van der Waals surface area contributed by atoms with Crippen LogP contribution in [0.3, 0.4) is 0 Å². The van der Waals surface area contributed by atoms with Crippen molar-refractivity contribution in [1.82, 2.24) is 4.90 Å². The van der Waals surface area contributed by atoms with E-state index in [0.717, 1.165) is 12.8 Å². The number of rotatable bonds is 1. The van der Waals surface area contributed by atoms with E-state index in [0.29, 0.717) is 19.0 Å². The number of hydrogen-bond donors (Lipinski definition) is 0. The summed E-state index contributed by atoms with van der Waals surface area (Å²) in [5.74, 6) is 0.410. The highest BCUT2D eigenvalue weighted by molar-refractivity contribution is 5.68. The van der Waals surface area contributed by atoms with E-state index in [1.165, 1.54) is 6.08 Å². The third kappa shape index (κ3) is 4.90. The second-order valence-corrected chi connectivity index (χ2v) is 5.29. The molecule has 0 radical (unpaired) electrons. The van der Waals surface area contributed by atoms with Gasteiger partial charge in [0.15, 0.2) is 0 Å². The van der Waals surface area contributed by atoms with Crippen molar-refractivity contribution < 1.29 is 9.53 Å². The first kappa shape index (κ1) is 13.6. The number of nitrogens with zero attached hydrogens (tertiary/aromatic N) is 2. The van der Waals surface area contributed by atoms with E-state index in [4.69, 9.17) is 10.00 Å². The van der Waals surface area contributed by atoms with Gasteiger partial charge >= 0.3 is 6.09 Å². The van der Waals surface area contributed by atoms with E-state index in [1.54, 1.807) is 4.90 Å². The van der Waals surface area contributed by atoms with Gasteiger partial charge in [-0.25, -0.2) is 4.79 Å². The third-order valence-corrected chi connectivity index (χ3v) is 2.63. The van der Waals surface area contributed by atoms with Gasteiger partial charge in [0.2, 0.25) is 0 Å². The second-order valence-electron chi connectivity index (χ2n) is 5.29. The molecule has 1 saturated heterocycles. The number of carbonyl (C=O) groups is 1. The van der Waals surface area contributed by atoms with Gasteiger partial charge in [0.25, 0.3) is 0 Å². The summed E-state index contributed by atoms with van der Waals surface area (Å²) in [5, 5.41) is 8.44. The molecule has 1 fully saturated rings. The molecule has 0 bridgehead atoms. The molecule has 1 amide bonds. The molecule has 1 aliphatic rings. The van der Waals surface area contributed by atoms with E-state index in [-0.39, 0.29) is 6.09 Å². The number of hydrogen-bond acceptors (Lipinski definition) is 3. The normalized spacial score (nSPS) is 18.1. The Hall–Kier alpha value is -1.50. The zero-order chi connectivity index (χ0) is 12.9. The largest absolute Gasteiger partial charge is 0.444 e. The van der Waals surface area contributed by atoms with Crippen LogP contribution in [-0.4, -0.2) is 29.7 Å². The molecule has 0 N–H and O–H groups in total. The van der Waals surface area contributed by atoms with Gasteiger partial charge in [0.05, 0.1) is 6.07 Å². The minimum atomic E-state index is -0.436. The minimum Gasteiger partial charge on any atom is -0.444 e. The fraction of sp³-hybridized carbons (Fsp3) is 0.692. The number of carbonyl (C=O) groups excluding carboxylic acids is 1. The Labute approximate surface area is 103 Å². The van der Waals surface area contributed by atoms with Crippen molar-refractivity contribution in [3.8, 4) is 6.07 Å². The van der Waals surface area contributed by atoms with Crippen LogP contribution >= 0.6 is 0 Å². The predicted octanol–water partition coefficient (Wildman–Crippen LogP) is 2.71. The van der Waals surface area contributed by atoms with Crippen LogP contribution < -0.4 is 0 Å². The summed E-state index contributed by atoms with van der Waals surface area (Å²) in [6.07, 6.45) is 5.01. The van der Waals surface area contributed by atoms with Crippen LogP contribution in [0.4, 0.5) is 4.79 Å². The molecule has 0 atom stereocenters. The summed E-state index contributed by atoms with van der Waals surface area (Å²) < 4.78 is 5.31. The Kier molecular flexibility index (Phi) is 4.56. The third-order valence-electron chi connectivity index (χ3n) is 2.63. The lowest BCUT2D eigenvalue weighted by molar-refractivity contribution is 0.0197. The number of allylic oxidation sites excluding steroid dienone is 2. The highest BCUT2D eigenvalue weighted by Crippen LogP contribution is 2.20. The molecule has 0 aliphatic carbocycles. The van der Waals surface area contributed by atoms with Gasteiger partial charge in [0.1, 0.15) is 5.60 Å². The number of piperidine rings is 1. The zero-order valence-electron chi connectivity index (χ0n) is 10.8. The Balaban J connectivity index is 2.39. The summed E-state index contributed by atoms with van der Waals surface area (Å²) in [6, 6.07) is 1.99. The van der Waals surface area contributed by atoms with Crippen LogP contribution in [0, 0.1) is 17.2 Å². The van der Waals surface area contributed by atoms with Crippen molar-refractivity contribution in [2.24, 2.45) is 5.92 Å². The van der Waals surface area contributed by atoms with Crippen LogP contribution in [0.2, 0.25) is 0 Å². The lowest BCUT2D eigenvalue weighted by atomic mass is 9.97. The van der Waals surface area contributed by atoms with Crippen molar-refractivity contribution in [1.29, 1.82) is 5.26 Å². The second kappa shape index (κ2) is 5.72. The first-order valence-electron chi connectivity index (χ1n) is 5.96. The SMILES string of the molecule is CC(C)(C)OC(=O)N1CCC(C=CC#N)CC1. The average molecular weight is 236 g/mol. The molecule has 1 rings (SSSR count). The lowest BCUT2D eigenvalue weighted by Crippen LogP contribution is -2.41. The zero-order valence-corrected chi connectivity index (χ0v) is 10.8. The van der Waals surface area contributed by atoms with E-state index in [1.807, 2.05) is 32.9 Å². The standard InChI is InChI=1S/C13H20N2O2/c1-13(2,3)17-12(16)15-9-6-11(7-10-15)5-4-8-14/h4-5,11H,6-7,9-10H2,1-3H3. The molecule has 1 heterocycles. The molecular formula is C13H20N2O2. The smallest absolute Gasteiger partial charge is 0.410 e. The molecule has 17 heavy (non-hydrogen) atoms. The Morgan fingerprint density at radius 2 is 2.00 bits per heavy atom. The quantitative estimate of drug-likeness (QED) is 0.658. The van der Waals surface area contributed by atoms with Crippen LogP contribution in [0.5, 0.6) is 0 Å². The molecule has 94 valence electrons. The molecule has 0 saturated carbocycles.